The molecule has 6 heteroatoms. The second-order valence-electron chi connectivity index (χ2n) is 5.77. The molecule has 1 rings (SSSR count). The Morgan fingerprint density at radius 2 is 1.86 bits per heavy atom. The summed E-state index contributed by atoms with van der Waals surface area (Å²) in [4.78, 5) is 25.0. The van der Waals surface area contributed by atoms with Crippen LogP contribution >= 0.6 is 0 Å². The quantitative estimate of drug-likeness (QED) is 0.908. The average Bonchev–Trinajstić information content (AvgIpc) is 2.41. The summed E-state index contributed by atoms with van der Waals surface area (Å²) < 4.78 is 10.4. The molecule has 6 nitrogen and oxygen atoms in total. The average molecular weight is 308 g/mol. The fraction of sp³-hybridized carbons (Fsp3) is 0.500. The van der Waals surface area contributed by atoms with E-state index in [0.29, 0.717) is 18.0 Å². The van der Waals surface area contributed by atoms with E-state index in [1.54, 1.807) is 44.9 Å². The van der Waals surface area contributed by atoms with Crippen molar-refractivity contribution in [2.45, 2.75) is 33.3 Å². The summed E-state index contributed by atoms with van der Waals surface area (Å²) in [5.74, 6) is 0.477. The topological polar surface area (TPSA) is 67.9 Å². The van der Waals surface area contributed by atoms with Gasteiger partial charge in [-0.2, -0.15) is 0 Å². The maximum atomic E-state index is 11.8. The normalized spacial score (nSPS) is 10.8. The number of alkyl carbamates (subject to hydrolysis) is 1. The van der Waals surface area contributed by atoms with Crippen molar-refractivity contribution < 1.29 is 19.1 Å². The number of para-hydroxylation sites is 2. The van der Waals surface area contributed by atoms with Crippen LogP contribution in [0.1, 0.15) is 27.7 Å². The molecule has 122 valence electrons. The molecule has 0 fully saturated rings. The molecule has 0 atom stereocenters. The van der Waals surface area contributed by atoms with Gasteiger partial charge in [-0.05, 0) is 32.9 Å². The summed E-state index contributed by atoms with van der Waals surface area (Å²) >= 11 is 0. The van der Waals surface area contributed by atoms with Crippen LogP contribution in [0.3, 0.4) is 0 Å². The molecule has 0 aliphatic carbocycles. The van der Waals surface area contributed by atoms with Crippen molar-refractivity contribution in [2.75, 3.05) is 25.1 Å². The number of rotatable bonds is 5. The zero-order valence-corrected chi connectivity index (χ0v) is 13.8. The molecule has 2 amide bonds. The molecule has 0 bridgehead atoms. The second-order valence-corrected chi connectivity index (χ2v) is 5.77. The number of carbonyl (C=O) groups excluding carboxylic acids is 2. The predicted octanol–water partition coefficient (Wildman–Crippen LogP) is 2.57. The van der Waals surface area contributed by atoms with E-state index in [1.165, 1.54) is 6.92 Å². The Hall–Kier alpha value is -2.24. The van der Waals surface area contributed by atoms with Crippen molar-refractivity contribution in [1.82, 2.24) is 5.32 Å². The minimum Gasteiger partial charge on any atom is -0.495 e. The number of nitrogens with zero attached hydrogens (tertiary/aromatic N) is 1. The third kappa shape index (κ3) is 5.63. The van der Waals surface area contributed by atoms with Gasteiger partial charge in [-0.15, -0.1) is 0 Å². The maximum Gasteiger partial charge on any atom is 0.407 e. The van der Waals surface area contributed by atoms with Crippen LogP contribution in [0.4, 0.5) is 10.5 Å². The molecule has 0 saturated carbocycles. The van der Waals surface area contributed by atoms with Gasteiger partial charge >= 0.3 is 6.09 Å². The Morgan fingerprint density at radius 1 is 1.23 bits per heavy atom. The summed E-state index contributed by atoms with van der Waals surface area (Å²) in [6.07, 6.45) is -0.504. The summed E-state index contributed by atoms with van der Waals surface area (Å²) in [5, 5.41) is 2.64. The van der Waals surface area contributed by atoms with Gasteiger partial charge in [-0.1, -0.05) is 12.1 Å². The van der Waals surface area contributed by atoms with E-state index in [9.17, 15) is 9.59 Å². The van der Waals surface area contributed by atoms with Gasteiger partial charge in [0.05, 0.1) is 12.8 Å². The summed E-state index contributed by atoms with van der Waals surface area (Å²) in [6, 6.07) is 7.25. The molecule has 1 N–H and O–H groups in total. The number of ether oxygens (including phenoxy) is 2. The van der Waals surface area contributed by atoms with E-state index >= 15 is 0 Å². The number of nitrogens with one attached hydrogen (secondary N) is 1. The lowest BCUT2D eigenvalue weighted by atomic mass is 10.2. The second kappa shape index (κ2) is 7.68. The lowest BCUT2D eigenvalue weighted by Gasteiger charge is -2.24. The predicted molar refractivity (Wildman–Crippen MR) is 85.3 cm³/mol. The molecular formula is C16H24N2O4. The lowest BCUT2D eigenvalue weighted by Crippen LogP contribution is -2.39. The van der Waals surface area contributed by atoms with Crippen LogP contribution < -0.4 is 15.0 Å². The fourth-order valence-corrected chi connectivity index (χ4v) is 1.88. The molecule has 0 heterocycles. The molecule has 0 unspecified atom stereocenters. The van der Waals surface area contributed by atoms with E-state index in [2.05, 4.69) is 5.32 Å². The molecular weight excluding hydrogens is 284 g/mol. The first-order valence-corrected chi connectivity index (χ1v) is 7.12. The van der Waals surface area contributed by atoms with Gasteiger partial charge in [0.15, 0.2) is 0 Å². The van der Waals surface area contributed by atoms with E-state index in [1.807, 2.05) is 12.1 Å². The van der Waals surface area contributed by atoms with Crippen LogP contribution in [0.15, 0.2) is 24.3 Å². The number of hydrogen-bond donors (Lipinski definition) is 1. The van der Waals surface area contributed by atoms with Crippen LogP contribution in [0.5, 0.6) is 5.75 Å². The highest BCUT2D eigenvalue weighted by Gasteiger charge is 2.18. The number of methoxy groups -OCH3 is 1. The zero-order chi connectivity index (χ0) is 16.8. The van der Waals surface area contributed by atoms with Crippen LogP contribution in [0.25, 0.3) is 0 Å². The van der Waals surface area contributed by atoms with Gasteiger partial charge in [0.25, 0.3) is 0 Å². The largest absolute Gasteiger partial charge is 0.495 e. The van der Waals surface area contributed by atoms with Crippen molar-refractivity contribution in [1.29, 1.82) is 0 Å². The highest BCUT2D eigenvalue weighted by molar-refractivity contribution is 5.93. The first kappa shape index (κ1) is 17.8. The summed E-state index contributed by atoms with van der Waals surface area (Å²) in [7, 11) is 1.55. The van der Waals surface area contributed by atoms with Crippen molar-refractivity contribution in [2.24, 2.45) is 0 Å². The first-order chi connectivity index (χ1) is 10.2. The minimum atomic E-state index is -0.549. The maximum absolute atomic E-state index is 11.8. The Kier molecular flexibility index (Phi) is 6.22. The van der Waals surface area contributed by atoms with Crippen molar-refractivity contribution in [3.63, 3.8) is 0 Å². The SMILES string of the molecule is COc1ccccc1N(CCNC(=O)OC(C)(C)C)C(C)=O. The van der Waals surface area contributed by atoms with Crippen LogP contribution in [-0.2, 0) is 9.53 Å². The fourth-order valence-electron chi connectivity index (χ4n) is 1.88. The molecule has 0 aromatic heterocycles. The lowest BCUT2D eigenvalue weighted by molar-refractivity contribution is -0.116. The molecule has 0 aliphatic heterocycles. The van der Waals surface area contributed by atoms with Gasteiger partial charge in [0, 0.05) is 20.0 Å². The Labute approximate surface area is 131 Å². The van der Waals surface area contributed by atoms with Crippen LogP contribution in [0, 0.1) is 0 Å². The van der Waals surface area contributed by atoms with Gasteiger partial charge in [0.1, 0.15) is 11.4 Å². The Balaban J connectivity index is 2.67. The highest BCUT2D eigenvalue weighted by Crippen LogP contribution is 2.27. The number of benzene rings is 1. The van der Waals surface area contributed by atoms with Gasteiger partial charge < -0.3 is 19.7 Å². The summed E-state index contributed by atoms with van der Waals surface area (Å²) in [5.41, 5.74) is 0.121. The highest BCUT2D eigenvalue weighted by atomic mass is 16.6. The van der Waals surface area contributed by atoms with Gasteiger partial charge in [-0.25, -0.2) is 4.79 Å². The minimum absolute atomic E-state index is 0.129. The number of hydrogen-bond acceptors (Lipinski definition) is 4. The Morgan fingerprint density at radius 3 is 2.41 bits per heavy atom. The molecule has 1 aromatic carbocycles. The van der Waals surface area contributed by atoms with Crippen LogP contribution in [-0.4, -0.2) is 37.8 Å². The van der Waals surface area contributed by atoms with E-state index in [4.69, 9.17) is 9.47 Å². The van der Waals surface area contributed by atoms with Crippen molar-refractivity contribution >= 4 is 17.7 Å². The number of anilines is 1. The third-order valence-corrected chi connectivity index (χ3v) is 2.76. The smallest absolute Gasteiger partial charge is 0.407 e. The summed E-state index contributed by atoms with van der Waals surface area (Å²) in [6.45, 7) is 7.47. The van der Waals surface area contributed by atoms with Crippen molar-refractivity contribution in [3.05, 3.63) is 24.3 Å². The van der Waals surface area contributed by atoms with Crippen LogP contribution in [0.2, 0.25) is 0 Å². The molecule has 1 aromatic rings. The first-order valence-electron chi connectivity index (χ1n) is 7.12. The molecule has 22 heavy (non-hydrogen) atoms. The van der Waals surface area contributed by atoms with Crippen molar-refractivity contribution in [3.8, 4) is 5.75 Å². The number of amides is 2. The zero-order valence-electron chi connectivity index (χ0n) is 13.8. The van der Waals surface area contributed by atoms with Gasteiger partial charge in [0.2, 0.25) is 5.91 Å². The monoisotopic (exact) mass is 308 g/mol. The number of carbonyl (C=O) groups is 2. The molecule has 0 radical (unpaired) electrons. The molecule has 0 saturated heterocycles. The molecule has 0 aliphatic rings. The van der Waals surface area contributed by atoms with E-state index in [0.717, 1.165) is 0 Å². The van der Waals surface area contributed by atoms with E-state index in [-0.39, 0.29) is 12.5 Å². The van der Waals surface area contributed by atoms with Gasteiger partial charge in [-0.3, -0.25) is 4.79 Å². The Bertz CT molecular complexity index is 523. The third-order valence-electron chi connectivity index (χ3n) is 2.76. The van der Waals surface area contributed by atoms with E-state index < -0.39 is 11.7 Å². The molecule has 0 spiro atoms. The standard InChI is InChI=1S/C16H24N2O4/c1-12(19)18(13-8-6-7-9-14(13)21-5)11-10-17-15(20)22-16(2,3)4/h6-9H,10-11H2,1-5H3,(H,17,20).